The molecule has 1 aliphatic heterocycles. The van der Waals surface area contributed by atoms with Crippen LogP contribution in [0, 0.1) is 0 Å². The second-order valence-electron chi connectivity index (χ2n) is 7.60. The zero-order valence-corrected chi connectivity index (χ0v) is 17.7. The van der Waals surface area contributed by atoms with Gasteiger partial charge in [-0.1, -0.05) is 48.5 Å². The second-order valence-corrected chi connectivity index (χ2v) is 7.60. The molecule has 1 aromatic heterocycles. The summed E-state index contributed by atoms with van der Waals surface area (Å²) in [7, 11) is 4.12. The molecule has 0 atom stereocenters. The van der Waals surface area contributed by atoms with Gasteiger partial charge < -0.3 is 20.9 Å². The smallest absolute Gasteiger partial charge is 0.249 e. The van der Waals surface area contributed by atoms with Gasteiger partial charge in [0.05, 0.1) is 0 Å². The summed E-state index contributed by atoms with van der Waals surface area (Å²) >= 11 is 0. The first kappa shape index (κ1) is 20.4. The van der Waals surface area contributed by atoms with Gasteiger partial charge in [0, 0.05) is 55.2 Å². The summed E-state index contributed by atoms with van der Waals surface area (Å²) in [4.78, 5) is 15.4. The first-order valence-corrected chi connectivity index (χ1v) is 10.2. The lowest BCUT2D eigenvalue weighted by atomic mass is 9.96. The van der Waals surface area contributed by atoms with E-state index in [2.05, 4.69) is 96.0 Å². The Kier molecular flexibility index (Phi) is 5.87. The van der Waals surface area contributed by atoms with Crippen molar-refractivity contribution < 1.29 is 4.79 Å². The molecular formula is C26H26N4O. The second kappa shape index (κ2) is 8.90. The van der Waals surface area contributed by atoms with Gasteiger partial charge in [-0.15, -0.1) is 0 Å². The number of nitrogens with zero attached hydrogens (tertiary/aromatic N) is 1. The molecular weight excluding hydrogens is 384 g/mol. The number of carbonyl (C=O) groups excluding carboxylic acids is 1. The number of hydrogen-bond donors (Lipinski definition) is 3. The van der Waals surface area contributed by atoms with Crippen LogP contribution in [0.2, 0.25) is 0 Å². The summed E-state index contributed by atoms with van der Waals surface area (Å²) in [6.45, 7) is 0.536. The molecule has 0 saturated heterocycles. The minimum atomic E-state index is 0.00463. The Morgan fingerprint density at radius 3 is 2.29 bits per heavy atom. The molecule has 31 heavy (non-hydrogen) atoms. The highest BCUT2D eigenvalue weighted by Gasteiger charge is 2.11. The van der Waals surface area contributed by atoms with Gasteiger partial charge in [0.15, 0.2) is 0 Å². The van der Waals surface area contributed by atoms with E-state index >= 15 is 0 Å². The molecule has 156 valence electrons. The summed E-state index contributed by atoms with van der Waals surface area (Å²) in [6, 6.07) is 25.6. The number of carbonyl (C=O) groups is 1. The third-order valence-electron chi connectivity index (χ3n) is 5.33. The maximum Gasteiger partial charge on any atom is 0.249 e. The van der Waals surface area contributed by atoms with Crippen molar-refractivity contribution in [3.63, 3.8) is 0 Å². The Labute approximate surface area is 182 Å². The quantitative estimate of drug-likeness (QED) is 0.458. The van der Waals surface area contributed by atoms with E-state index in [-0.39, 0.29) is 5.91 Å². The standard InChI is InChI=1S/C23H23N3.C3H3NO/c1-26(2)18-9-5-8-16(13-18)23-14-21-20(11-6-12-22(21)25-23)19-10-4-3-7-17(19)15-24;5-3-1-2-4-3/h3-14,25H,15,24H2,1-2H3;1-2H,(H,4,5). The monoisotopic (exact) mass is 410 g/mol. The van der Waals surface area contributed by atoms with Gasteiger partial charge in [-0.2, -0.15) is 0 Å². The lowest BCUT2D eigenvalue weighted by Crippen LogP contribution is -2.22. The maximum atomic E-state index is 9.70. The summed E-state index contributed by atoms with van der Waals surface area (Å²) < 4.78 is 0. The summed E-state index contributed by atoms with van der Waals surface area (Å²) in [5.41, 5.74) is 14.2. The minimum Gasteiger partial charge on any atom is -0.378 e. The molecule has 1 aliphatic rings. The molecule has 1 amide bonds. The first-order chi connectivity index (χ1) is 15.1. The largest absolute Gasteiger partial charge is 0.378 e. The van der Waals surface area contributed by atoms with E-state index in [0.717, 1.165) is 16.8 Å². The van der Waals surface area contributed by atoms with Gasteiger partial charge >= 0.3 is 0 Å². The van der Waals surface area contributed by atoms with Crippen LogP contribution in [-0.2, 0) is 11.3 Å². The molecule has 5 nitrogen and oxygen atoms in total. The highest BCUT2D eigenvalue weighted by Crippen LogP contribution is 2.34. The fraction of sp³-hybridized carbons (Fsp3) is 0.115. The normalized spacial score (nSPS) is 12.0. The van der Waals surface area contributed by atoms with Crippen LogP contribution in [-0.4, -0.2) is 25.0 Å². The minimum absolute atomic E-state index is 0.00463. The van der Waals surface area contributed by atoms with Crippen molar-refractivity contribution in [3.05, 3.63) is 90.6 Å². The van der Waals surface area contributed by atoms with Crippen LogP contribution >= 0.6 is 0 Å². The number of benzene rings is 3. The van der Waals surface area contributed by atoms with E-state index in [9.17, 15) is 4.79 Å². The molecule has 4 aromatic rings. The zero-order chi connectivity index (χ0) is 21.8. The van der Waals surface area contributed by atoms with Crippen molar-refractivity contribution in [1.82, 2.24) is 10.3 Å². The molecule has 5 heteroatoms. The van der Waals surface area contributed by atoms with Gasteiger partial charge in [0.25, 0.3) is 0 Å². The number of amides is 1. The molecule has 5 rings (SSSR count). The van der Waals surface area contributed by atoms with Gasteiger partial charge in [-0.3, -0.25) is 4.79 Å². The molecule has 3 aromatic carbocycles. The summed E-state index contributed by atoms with van der Waals surface area (Å²) in [5, 5.41) is 3.61. The van der Waals surface area contributed by atoms with Crippen molar-refractivity contribution in [1.29, 1.82) is 0 Å². The average molecular weight is 411 g/mol. The van der Waals surface area contributed by atoms with E-state index in [1.54, 1.807) is 6.20 Å². The number of anilines is 1. The average Bonchev–Trinajstić information content (AvgIpc) is 3.23. The lowest BCUT2D eigenvalue weighted by Gasteiger charge is -2.13. The Morgan fingerprint density at radius 1 is 0.903 bits per heavy atom. The third-order valence-corrected chi connectivity index (χ3v) is 5.33. The van der Waals surface area contributed by atoms with Crippen molar-refractivity contribution in [2.45, 2.75) is 6.54 Å². The van der Waals surface area contributed by atoms with Gasteiger partial charge in [0.2, 0.25) is 5.91 Å². The summed E-state index contributed by atoms with van der Waals surface area (Å²) in [6.07, 6.45) is 3.07. The van der Waals surface area contributed by atoms with E-state index in [0.29, 0.717) is 6.54 Å². The Bertz CT molecular complexity index is 1250. The van der Waals surface area contributed by atoms with Crippen LogP contribution in [0.15, 0.2) is 85.1 Å². The number of aromatic amines is 1. The predicted octanol–water partition coefficient (Wildman–Crippen LogP) is 4.66. The molecule has 0 unspecified atom stereocenters. The molecule has 4 N–H and O–H groups in total. The topological polar surface area (TPSA) is 74.1 Å². The van der Waals surface area contributed by atoms with Crippen LogP contribution in [0.25, 0.3) is 33.3 Å². The number of aromatic nitrogens is 1. The van der Waals surface area contributed by atoms with Crippen LogP contribution < -0.4 is 16.0 Å². The number of rotatable bonds is 4. The highest BCUT2D eigenvalue weighted by atomic mass is 16.2. The fourth-order valence-corrected chi connectivity index (χ4v) is 3.61. The molecule has 2 heterocycles. The molecule has 0 spiro atoms. The van der Waals surface area contributed by atoms with E-state index < -0.39 is 0 Å². The number of nitrogens with one attached hydrogen (secondary N) is 2. The van der Waals surface area contributed by atoms with Crippen molar-refractivity contribution in [3.8, 4) is 22.4 Å². The maximum absolute atomic E-state index is 9.70. The Hall–Kier alpha value is -3.83. The molecule has 0 radical (unpaired) electrons. The predicted molar refractivity (Wildman–Crippen MR) is 129 cm³/mol. The van der Waals surface area contributed by atoms with Crippen LogP contribution in [0.4, 0.5) is 5.69 Å². The van der Waals surface area contributed by atoms with Crippen LogP contribution in [0.1, 0.15) is 5.56 Å². The van der Waals surface area contributed by atoms with Crippen molar-refractivity contribution in [2.75, 3.05) is 19.0 Å². The van der Waals surface area contributed by atoms with E-state index in [1.165, 1.54) is 33.8 Å². The summed E-state index contributed by atoms with van der Waals surface area (Å²) in [5.74, 6) is 0.00463. The molecule has 0 fully saturated rings. The Balaban J connectivity index is 0.000000407. The molecule has 0 aliphatic carbocycles. The molecule has 0 saturated carbocycles. The van der Waals surface area contributed by atoms with Gasteiger partial charge in [-0.25, -0.2) is 0 Å². The Morgan fingerprint density at radius 2 is 1.61 bits per heavy atom. The van der Waals surface area contributed by atoms with Gasteiger partial charge in [-0.05, 0) is 46.5 Å². The first-order valence-electron chi connectivity index (χ1n) is 10.2. The van der Waals surface area contributed by atoms with Crippen molar-refractivity contribution >= 4 is 22.5 Å². The fourth-order valence-electron chi connectivity index (χ4n) is 3.61. The SMILES string of the molecule is CN(C)c1cccc(-c2cc3c(-c4ccccc4CN)cccc3[nH]2)c1.O=C1C=CN1. The van der Waals surface area contributed by atoms with Gasteiger partial charge in [0.1, 0.15) is 0 Å². The van der Waals surface area contributed by atoms with Crippen molar-refractivity contribution in [2.24, 2.45) is 5.73 Å². The van der Waals surface area contributed by atoms with E-state index in [4.69, 9.17) is 5.73 Å². The molecule has 0 bridgehead atoms. The zero-order valence-electron chi connectivity index (χ0n) is 17.7. The lowest BCUT2D eigenvalue weighted by molar-refractivity contribution is -0.117. The number of H-pyrrole nitrogens is 1. The highest BCUT2D eigenvalue weighted by molar-refractivity contribution is 5.99. The number of hydrogen-bond acceptors (Lipinski definition) is 3. The van der Waals surface area contributed by atoms with Crippen LogP contribution in [0.3, 0.4) is 0 Å². The van der Waals surface area contributed by atoms with E-state index in [1.807, 2.05) is 6.07 Å². The number of fused-ring (bicyclic) bond motifs is 1. The van der Waals surface area contributed by atoms with Crippen LogP contribution in [0.5, 0.6) is 0 Å². The third kappa shape index (κ3) is 4.37. The number of nitrogens with two attached hydrogens (primary N) is 1.